The van der Waals surface area contributed by atoms with E-state index < -0.39 is 11.9 Å². The van der Waals surface area contributed by atoms with E-state index in [9.17, 15) is 9.59 Å². The first kappa shape index (κ1) is 14.3. The molecule has 1 aromatic heterocycles. The number of aliphatic carboxylic acids is 1. The van der Waals surface area contributed by atoms with Crippen molar-refractivity contribution < 1.29 is 14.7 Å². The van der Waals surface area contributed by atoms with E-state index in [4.69, 9.17) is 5.11 Å². The molecular formula is C12H19N5O3. The Morgan fingerprint density at radius 3 is 2.95 bits per heavy atom. The number of hydrogen-bond donors (Lipinski definition) is 3. The van der Waals surface area contributed by atoms with Crippen LogP contribution in [0.3, 0.4) is 0 Å². The Bertz CT molecular complexity index is 462. The molecule has 0 bridgehead atoms. The quantitative estimate of drug-likeness (QED) is 0.663. The summed E-state index contributed by atoms with van der Waals surface area (Å²) in [6, 6.07) is -0.196. The molecule has 2 rings (SSSR count). The molecule has 0 aliphatic carbocycles. The topological polar surface area (TPSA) is 111 Å². The maximum absolute atomic E-state index is 11.9. The predicted octanol–water partition coefficient (Wildman–Crippen LogP) is 0.0994. The van der Waals surface area contributed by atoms with Crippen molar-refractivity contribution in [1.29, 1.82) is 0 Å². The number of carboxylic acids is 1. The smallest absolute Gasteiger partial charge is 0.317 e. The zero-order valence-electron chi connectivity index (χ0n) is 11.4. The number of aryl methyl sites for hydroxylation is 1. The fraction of sp³-hybridized carbons (Fsp3) is 0.667. The third-order valence-corrected chi connectivity index (χ3v) is 3.55. The molecule has 1 aliphatic heterocycles. The molecule has 110 valence electrons. The van der Waals surface area contributed by atoms with Gasteiger partial charge in [-0.2, -0.15) is 5.10 Å². The van der Waals surface area contributed by atoms with E-state index >= 15 is 0 Å². The lowest BCUT2D eigenvalue weighted by molar-refractivity contribution is -0.142. The minimum absolute atomic E-state index is 0.00700. The fourth-order valence-electron chi connectivity index (χ4n) is 2.37. The summed E-state index contributed by atoms with van der Waals surface area (Å²) < 4.78 is 0. The number of amides is 2. The van der Waals surface area contributed by atoms with Crippen molar-refractivity contribution in [3.63, 3.8) is 0 Å². The monoisotopic (exact) mass is 281 g/mol. The number of aromatic nitrogens is 3. The number of carboxylic acid groups (broad SMARTS) is 1. The van der Waals surface area contributed by atoms with Gasteiger partial charge < -0.3 is 15.3 Å². The van der Waals surface area contributed by atoms with E-state index in [2.05, 4.69) is 20.5 Å². The Labute approximate surface area is 116 Å². The van der Waals surface area contributed by atoms with Crippen LogP contribution in [0.5, 0.6) is 0 Å². The SMILES string of the molecule is C[C@@H]1CN(C(=O)NCCCc2ncn[nH]2)C[C@H]1C(=O)O. The van der Waals surface area contributed by atoms with Gasteiger partial charge in [0.1, 0.15) is 12.2 Å². The molecule has 1 aliphatic rings. The summed E-state index contributed by atoms with van der Waals surface area (Å²) in [6.45, 7) is 3.16. The fourth-order valence-corrected chi connectivity index (χ4v) is 2.37. The highest BCUT2D eigenvalue weighted by Gasteiger charge is 2.36. The molecule has 2 atom stereocenters. The van der Waals surface area contributed by atoms with Gasteiger partial charge in [0.25, 0.3) is 0 Å². The molecule has 0 saturated carbocycles. The number of H-pyrrole nitrogens is 1. The minimum atomic E-state index is -0.835. The molecule has 1 fully saturated rings. The van der Waals surface area contributed by atoms with Gasteiger partial charge in [-0.1, -0.05) is 6.92 Å². The van der Waals surface area contributed by atoms with Gasteiger partial charge in [-0.15, -0.1) is 0 Å². The summed E-state index contributed by atoms with van der Waals surface area (Å²) in [5.74, 6) is -0.513. The molecule has 8 nitrogen and oxygen atoms in total. The summed E-state index contributed by atoms with van der Waals surface area (Å²) in [4.78, 5) is 28.5. The number of carbonyl (C=O) groups is 2. The van der Waals surface area contributed by atoms with E-state index in [1.165, 1.54) is 6.33 Å². The van der Waals surface area contributed by atoms with Gasteiger partial charge in [0.2, 0.25) is 0 Å². The van der Waals surface area contributed by atoms with E-state index in [1.54, 1.807) is 4.90 Å². The maximum atomic E-state index is 11.9. The molecule has 8 heteroatoms. The molecule has 0 aromatic carbocycles. The third kappa shape index (κ3) is 3.46. The number of aromatic amines is 1. The summed E-state index contributed by atoms with van der Waals surface area (Å²) in [5, 5.41) is 18.3. The van der Waals surface area contributed by atoms with Crippen molar-refractivity contribution in [2.75, 3.05) is 19.6 Å². The summed E-state index contributed by atoms with van der Waals surface area (Å²) in [6.07, 6.45) is 2.92. The van der Waals surface area contributed by atoms with Crippen LogP contribution in [0.2, 0.25) is 0 Å². The lowest BCUT2D eigenvalue weighted by atomic mass is 9.99. The van der Waals surface area contributed by atoms with Crippen molar-refractivity contribution >= 4 is 12.0 Å². The Morgan fingerprint density at radius 2 is 2.35 bits per heavy atom. The van der Waals surface area contributed by atoms with E-state index in [1.807, 2.05) is 6.92 Å². The normalized spacial score (nSPS) is 21.9. The zero-order valence-corrected chi connectivity index (χ0v) is 11.4. The van der Waals surface area contributed by atoms with Crippen LogP contribution in [-0.4, -0.2) is 56.8 Å². The largest absolute Gasteiger partial charge is 0.481 e. The predicted molar refractivity (Wildman–Crippen MR) is 70.0 cm³/mol. The van der Waals surface area contributed by atoms with Crippen molar-refractivity contribution in [3.8, 4) is 0 Å². The highest BCUT2D eigenvalue weighted by atomic mass is 16.4. The maximum Gasteiger partial charge on any atom is 0.317 e. The second-order valence-electron chi connectivity index (χ2n) is 5.09. The van der Waals surface area contributed by atoms with Crippen LogP contribution in [0.25, 0.3) is 0 Å². The highest BCUT2D eigenvalue weighted by Crippen LogP contribution is 2.22. The molecule has 1 aromatic rings. The first-order valence-corrected chi connectivity index (χ1v) is 6.67. The Hall–Kier alpha value is -2.12. The van der Waals surface area contributed by atoms with Crippen LogP contribution in [-0.2, 0) is 11.2 Å². The van der Waals surface area contributed by atoms with E-state index in [0.717, 1.165) is 12.2 Å². The van der Waals surface area contributed by atoms with Gasteiger partial charge in [-0.05, 0) is 12.3 Å². The standard InChI is InChI=1S/C12H19N5O3/c1-8-5-17(6-9(8)11(18)19)12(20)13-4-2-3-10-14-7-15-16-10/h7-9H,2-6H2,1H3,(H,13,20)(H,18,19)(H,14,15,16)/t8-,9-/m1/s1. The minimum Gasteiger partial charge on any atom is -0.481 e. The van der Waals surface area contributed by atoms with Gasteiger partial charge in [0.05, 0.1) is 5.92 Å². The first-order valence-electron chi connectivity index (χ1n) is 6.67. The molecule has 2 amide bonds. The number of carbonyl (C=O) groups excluding carboxylic acids is 1. The molecule has 0 radical (unpaired) electrons. The van der Waals surface area contributed by atoms with Crippen LogP contribution >= 0.6 is 0 Å². The summed E-state index contributed by atoms with van der Waals surface area (Å²) in [5.41, 5.74) is 0. The van der Waals surface area contributed by atoms with Crippen LogP contribution in [0.4, 0.5) is 4.79 Å². The summed E-state index contributed by atoms with van der Waals surface area (Å²) >= 11 is 0. The average Bonchev–Trinajstić information content (AvgIpc) is 3.03. The number of nitrogens with one attached hydrogen (secondary N) is 2. The number of nitrogens with zero attached hydrogens (tertiary/aromatic N) is 3. The van der Waals surface area contributed by atoms with Crippen LogP contribution in [0, 0.1) is 11.8 Å². The van der Waals surface area contributed by atoms with Crippen molar-refractivity contribution in [2.24, 2.45) is 11.8 Å². The lowest BCUT2D eigenvalue weighted by Crippen LogP contribution is -2.39. The van der Waals surface area contributed by atoms with Crippen LogP contribution in [0.15, 0.2) is 6.33 Å². The molecule has 0 spiro atoms. The molecular weight excluding hydrogens is 262 g/mol. The molecule has 0 unspecified atom stereocenters. The Balaban J connectivity index is 1.69. The van der Waals surface area contributed by atoms with Gasteiger partial charge in [0, 0.05) is 26.1 Å². The number of likely N-dealkylation sites (tertiary alicyclic amines) is 1. The highest BCUT2D eigenvalue weighted by molar-refractivity contribution is 5.77. The van der Waals surface area contributed by atoms with Gasteiger partial charge in [0.15, 0.2) is 0 Å². The molecule has 3 N–H and O–H groups in total. The first-order chi connectivity index (χ1) is 9.58. The van der Waals surface area contributed by atoms with Gasteiger partial charge in [-0.3, -0.25) is 9.89 Å². The third-order valence-electron chi connectivity index (χ3n) is 3.55. The second-order valence-corrected chi connectivity index (χ2v) is 5.09. The Morgan fingerprint density at radius 1 is 1.55 bits per heavy atom. The van der Waals surface area contributed by atoms with Crippen LogP contribution < -0.4 is 5.32 Å². The summed E-state index contributed by atoms with van der Waals surface area (Å²) in [7, 11) is 0. The van der Waals surface area contributed by atoms with Crippen LogP contribution in [0.1, 0.15) is 19.2 Å². The van der Waals surface area contributed by atoms with Crippen molar-refractivity contribution in [1.82, 2.24) is 25.4 Å². The molecule has 20 heavy (non-hydrogen) atoms. The zero-order chi connectivity index (χ0) is 14.5. The second kappa shape index (κ2) is 6.36. The number of urea groups is 1. The van der Waals surface area contributed by atoms with E-state index in [-0.39, 0.29) is 18.5 Å². The van der Waals surface area contributed by atoms with Crippen molar-refractivity contribution in [3.05, 3.63) is 12.2 Å². The number of rotatable bonds is 5. The molecule has 1 saturated heterocycles. The average molecular weight is 281 g/mol. The van der Waals surface area contributed by atoms with E-state index in [0.29, 0.717) is 19.5 Å². The van der Waals surface area contributed by atoms with Gasteiger partial charge in [-0.25, -0.2) is 9.78 Å². The molecule has 2 heterocycles. The lowest BCUT2D eigenvalue weighted by Gasteiger charge is -2.16. The van der Waals surface area contributed by atoms with Gasteiger partial charge >= 0.3 is 12.0 Å². The Kier molecular flexibility index (Phi) is 4.54. The van der Waals surface area contributed by atoms with Crippen molar-refractivity contribution in [2.45, 2.75) is 19.8 Å². The number of hydrogen-bond acceptors (Lipinski definition) is 4.